The number of aliphatic hydroxyl groups is 1. The first kappa shape index (κ1) is 18.2. The molecule has 1 aromatic carbocycles. The third-order valence-electron chi connectivity index (χ3n) is 3.13. The summed E-state index contributed by atoms with van der Waals surface area (Å²) < 4.78 is 48.5. The van der Waals surface area contributed by atoms with Gasteiger partial charge >= 0.3 is 6.18 Å². The lowest BCUT2D eigenvalue weighted by Crippen LogP contribution is -2.33. The summed E-state index contributed by atoms with van der Waals surface area (Å²) in [5.41, 5.74) is -0.868. The van der Waals surface area contributed by atoms with Crippen molar-refractivity contribution in [1.29, 1.82) is 0 Å². The van der Waals surface area contributed by atoms with Crippen LogP contribution in [0.2, 0.25) is 0 Å². The number of ether oxygens (including phenoxy) is 1. The van der Waals surface area contributed by atoms with Crippen LogP contribution in [0.25, 0.3) is 0 Å². The molecule has 1 N–H and O–H groups in total. The number of para-hydroxylation sites is 1. The van der Waals surface area contributed by atoms with Gasteiger partial charge in [-0.15, -0.1) is 0 Å². The van der Waals surface area contributed by atoms with Crippen molar-refractivity contribution in [3.63, 3.8) is 0 Å². The van der Waals surface area contributed by atoms with Gasteiger partial charge in [0, 0.05) is 13.5 Å². The number of likely N-dealkylation sites (N-methyl/N-ethyl adjacent to an activating group) is 1. The fourth-order valence-electron chi connectivity index (χ4n) is 2.14. The van der Waals surface area contributed by atoms with Crippen molar-refractivity contribution >= 4 is 0 Å². The van der Waals surface area contributed by atoms with Crippen molar-refractivity contribution in [3.05, 3.63) is 41.5 Å². The molecule has 0 saturated carbocycles. The number of hydrogen-bond acceptors (Lipinski definition) is 6. The number of halogens is 3. The maximum absolute atomic E-state index is 12.9. The largest absolute Gasteiger partial charge is 0.490 e. The second-order valence-corrected chi connectivity index (χ2v) is 5.39. The van der Waals surface area contributed by atoms with E-state index in [4.69, 9.17) is 9.26 Å². The number of nitrogens with zero attached hydrogens (tertiary/aromatic N) is 3. The first-order valence-corrected chi connectivity index (χ1v) is 7.20. The summed E-state index contributed by atoms with van der Waals surface area (Å²) in [6, 6.07) is 4.89. The molecular weight excluding hydrogens is 327 g/mol. The van der Waals surface area contributed by atoms with Crippen molar-refractivity contribution in [3.8, 4) is 5.75 Å². The van der Waals surface area contributed by atoms with Crippen molar-refractivity contribution in [2.24, 2.45) is 0 Å². The molecule has 0 spiro atoms. The van der Waals surface area contributed by atoms with E-state index >= 15 is 0 Å². The van der Waals surface area contributed by atoms with Gasteiger partial charge in [-0.1, -0.05) is 17.3 Å². The minimum atomic E-state index is -4.51. The van der Waals surface area contributed by atoms with Gasteiger partial charge in [0.1, 0.15) is 18.5 Å². The SMILES string of the molecule is Cc1nc(CN(C)C[C@@H](O)COc2ccccc2C(F)(F)F)no1. The highest BCUT2D eigenvalue weighted by Gasteiger charge is 2.34. The zero-order valence-corrected chi connectivity index (χ0v) is 13.2. The average molecular weight is 345 g/mol. The molecule has 0 radical (unpaired) electrons. The van der Waals surface area contributed by atoms with Gasteiger partial charge in [-0.25, -0.2) is 0 Å². The maximum atomic E-state index is 12.9. The van der Waals surface area contributed by atoms with Gasteiger partial charge < -0.3 is 14.4 Å². The van der Waals surface area contributed by atoms with Crippen LogP contribution in [0.15, 0.2) is 28.8 Å². The Balaban J connectivity index is 1.86. The lowest BCUT2D eigenvalue weighted by Gasteiger charge is -2.20. The normalized spacial score (nSPS) is 13.3. The number of rotatable bonds is 7. The summed E-state index contributed by atoms with van der Waals surface area (Å²) in [4.78, 5) is 5.75. The van der Waals surface area contributed by atoms with E-state index in [1.807, 2.05) is 0 Å². The monoisotopic (exact) mass is 345 g/mol. The number of hydrogen-bond donors (Lipinski definition) is 1. The van der Waals surface area contributed by atoms with Gasteiger partial charge in [-0.05, 0) is 19.2 Å². The second kappa shape index (κ2) is 7.63. The van der Waals surface area contributed by atoms with E-state index in [-0.39, 0.29) is 18.9 Å². The number of benzene rings is 1. The molecule has 9 heteroatoms. The highest BCUT2D eigenvalue weighted by molar-refractivity contribution is 5.35. The summed E-state index contributed by atoms with van der Waals surface area (Å²) >= 11 is 0. The average Bonchev–Trinajstić information content (AvgIpc) is 2.89. The van der Waals surface area contributed by atoms with E-state index in [1.54, 1.807) is 18.9 Å². The highest BCUT2D eigenvalue weighted by atomic mass is 19.4. The molecule has 1 heterocycles. The van der Waals surface area contributed by atoms with E-state index in [2.05, 4.69) is 10.1 Å². The Kier molecular flexibility index (Phi) is 5.79. The molecule has 0 aliphatic heterocycles. The maximum Gasteiger partial charge on any atom is 0.419 e. The third-order valence-corrected chi connectivity index (χ3v) is 3.13. The fourth-order valence-corrected chi connectivity index (χ4v) is 2.14. The van der Waals surface area contributed by atoms with Crippen LogP contribution in [0.5, 0.6) is 5.75 Å². The van der Waals surface area contributed by atoms with E-state index in [1.165, 1.54) is 18.2 Å². The summed E-state index contributed by atoms with van der Waals surface area (Å²) in [5, 5.41) is 13.7. The summed E-state index contributed by atoms with van der Waals surface area (Å²) in [5.74, 6) is 0.595. The Hall–Kier alpha value is -2.13. The van der Waals surface area contributed by atoms with Crippen molar-refractivity contribution in [2.75, 3.05) is 20.2 Å². The Labute approximate surface area is 136 Å². The smallest absolute Gasteiger partial charge is 0.419 e. The van der Waals surface area contributed by atoms with Gasteiger partial charge in [-0.2, -0.15) is 18.2 Å². The first-order valence-electron chi connectivity index (χ1n) is 7.20. The Bertz CT molecular complexity index is 661. The molecule has 0 saturated heterocycles. The number of aromatic nitrogens is 2. The predicted molar refractivity (Wildman–Crippen MR) is 78.3 cm³/mol. The topological polar surface area (TPSA) is 71.6 Å². The fraction of sp³-hybridized carbons (Fsp3) is 0.467. The highest BCUT2D eigenvalue weighted by Crippen LogP contribution is 2.35. The summed E-state index contributed by atoms with van der Waals surface area (Å²) in [6.07, 6.45) is -5.47. The number of aliphatic hydroxyl groups excluding tert-OH is 1. The van der Waals surface area contributed by atoms with Crippen LogP contribution >= 0.6 is 0 Å². The minimum Gasteiger partial charge on any atom is -0.490 e. The molecule has 6 nitrogen and oxygen atoms in total. The molecule has 1 aromatic heterocycles. The molecule has 0 aliphatic rings. The van der Waals surface area contributed by atoms with Crippen LogP contribution in [-0.2, 0) is 12.7 Å². The van der Waals surface area contributed by atoms with Crippen LogP contribution in [0.4, 0.5) is 13.2 Å². The van der Waals surface area contributed by atoms with Crippen molar-refractivity contribution < 1.29 is 27.5 Å². The molecule has 2 rings (SSSR count). The van der Waals surface area contributed by atoms with E-state index in [9.17, 15) is 18.3 Å². The summed E-state index contributed by atoms with van der Waals surface area (Å²) in [6.45, 7) is 1.93. The Morgan fingerprint density at radius 1 is 1.33 bits per heavy atom. The van der Waals surface area contributed by atoms with Gasteiger partial charge in [0.2, 0.25) is 5.89 Å². The van der Waals surface area contributed by atoms with Gasteiger partial charge in [-0.3, -0.25) is 4.90 Å². The number of aryl methyl sites for hydroxylation is 1. The van der Waals surface area contributed by atoms with E-state index < -0.39 is 17.8 Å². The van der Waals surface area contributed by atoms with Gasteiger partial charge in [0.05, 0.1) is 12.1 Å². The van der Waals surface area contributed by atoms with Crippen LogP contribution in [0.3, 0.4) is 0 Å². The Morgan fingerprint density at radius 3 is 2.67 bits per heavy atom. The molecule has 0 aliphatic carbocycles. The molecule has 0 fully saturated rings. The van der Waals surface area contributed by atoms with Crippen LogP contribution in [-0.4, -0.2) is 46.5 Å². The lowest BCUT2D eigenvalue weighted by atomic mass is 10.2. The van der Waals surface area contributed by atoms with Gasteiger partial charge in [0.25, 0.3) is 0 Å². The standard InChI is InChI=1S/C15H18F3N3O3/c1-10-19-14(20-24-10)8-21(2)7-11(22)9-23-13-6-4-3-5-12(13)15(16,17)18/h3-6,11,22H,7-9H2,1-2H3/t11-/m1/s1. The van der Waals surface area contributed by atoms with Gasteiger partial charge in [0.15, 0.2) is 5.82 Å². The molecule has 0 unspecified atom stereocenters. The number of alkyl halides is 3. The molecule has 1 atom stereocenters. The van der Waals surface area contributed by atoms with Crippen molar-refractivity contribution in [1.82, 2.24) is 15.0 Å². The summed E-state index contributed by atoms with van der Waals surface area (Å²) in [7, 11) is 1.72. The minimum absolute atomic E-state index is 0.182. The van der Waals surface area contributed by atoms with E-state index in [0.29, 0.717) is 18.3 Å². The molecule has 24 heavy (non-hydrogen) atoms. The first-order chi connectivity index (χ1) is 11.3. The van der Waals surface area contributed by atoms with Crippen LogP contribution in [0.1, 0.15) is 17.3 Å². The molecule has 2 aromatic rings. The molecule has 0 amide bonds. The third kappa shape index (κ3) is 5.20. The molecule has 0 bridgehead atoms. The second-order valence-electron chi connectivity index (χ2n) is 5.39. The zero-order chi connectivity index (χ0) is 17.7. The lowest BCUT2D eigenvalue weighted by molar-refractivity contribution is -0.139. The predicted octanol–water partition coefficient (Wildman–Crippen LogP) is 2.27. The quantitative estimate of drug-likeness (QED) is 0.830. The van der Waals surface area contributed by atoms with Crippen LogP contribution in [0, 0.1) is 6.92 Å². The van der Waals surface area contributed by atoms with E-state index in [0.717, 1.165) is 6.07 Å². The molecular formula is C15H18F3N3O3. The van der Waals surface area contributed by atoms with Crippen molar-refractivity contribution in [2.45, 2.75) is 25.7 Å². The van der Waals surface area contributed by atoms with Crippen LogP contribution < -0.4 is 4.74 Å². The molecule has 132 valence electrons. The zero-order valence-electron chi connectivity index (χ0n) is 13.2. The Morgan fingerprint density at radius 2 is 2.04 bits per heavy atom.